The van der Waals surface area contributed by atoms with Crippen LogP contribution in [0.3, 0.4) is 0 Å². The number of nitrogens with zero attached hydrogens (tertiary/aromatic N) is 5. The van der Waals surface area contributed by atoms with Crippen LogP contribution in [-0.4, -0.2) is 63.4 Å². The molecule has 4 rings (SSSR count). The Kier molecular flexibility index (Phi) is 5.85. The molecule has 2 aliphatic heterocycles. The van der Waals surface area contributed by atoms with E-state index in [4.69, 9.17) is 4.98 Å². The number of carbonyl (C=O) groups is 1. The van der Waals surface area contributed by atoms with Gasteiger partial charge in [-0.15, -0.1) is 0 Å². The van der Waals surface area contributed by atoms with Crippen molar-refractivity contribution >= 4 is 11.9 Å². The Morgan fingerprint density at radius 3 is 2.64 bits per heavy atom. The third-order valence-corrected chi connectivity index (χ3v) is 7.12. The standard InChI is InChI=1S/C22H35N5O/c1-3-25(16-19-9-12-23-21(24-19)26-13-7-8-14-26)20-15-22(10-5-4-6-11-22)27(17-20)18(2)28/h9,12,20H,3-8,10-11,13-17H2,1-2H3/t20-/m0/s1. The number of anilines is 1. The number of likely N-dealkylation sites (tertiary alicyclic amines) is 1. The summed E-state index contributed by atoms with van der Waals surface area (Å²) in [5.41, 5.74) is 1.20. The van der Waals surface area contributed by atoms with Crippen molar-refractivity contribution in [1.29, 1.82) is 0 Å². The van der Waals surface area contributed by atoms with Crippen LogP contribution < -0.4 is 4.90 Å². The van der Waals surface area contributed by atoms with Crippen molar-refractivity contribution in [3.63, 3.8) is 0 Å². The van der Waals surface area contributed by atoms with Crippen LogP contribution in [0.2, 0.25) is 0 Å². The normalized spacial score (nSPS) is 24.5. The molecule has 3 heterocycles. The molecule has 6 heteroatoms. The van der Waals surface area contributed by atoms with Gasteiger partial charge in [0.1, 0.15) is 0 Å². The summed E-state index contributed by atoms with van der Waals surface area (Å²) < 4.78 is 0. The summed E-state index contributed by atoms with van der Waals surface area (Å²) in [6, 6.07) is 2.48. The van der Waals surface area contributed by atoms with Crippen LogP contribution in [0.15, 0.2) is 12.3 Å². The SMILES string of the molecule is CCN(Cc1ccnc(N2CCCC2)n1)[C@@H]1CN(C(C)=O)C2(CCCCC2)C1. The maximum absolute atomic E-state index is 12.4. The van der Waals surface area contributed by atoms with Gasteiger partial charge in [0.2, 0.25) is 11.9 Å². The Bertz CT molecular complexity index is 681. The van der Waals surface area contributed by atoms with Crippen molar-refractivity contribution in [3.8, 4) is 0 Å². The molecule has 154 valence electrons. The molecule has 1 aromatic heterocycles. The quantitative estimate of drug-likeness (QED) is 0.779. The van der Waals surface area contributed by atoms with E-state index in [9.17, 15) is 4.79 Å². The van der Waals surface area contributed by atoms with Gasteiger partial charge in [0.25, 0.3) is 0 Å². The predicted octanol–water partition coefficient (Wildman–Crippen LogP) is 3.22. The molecule has 1 saturated carbocycles. The summed E-state index contributed by atoms with van der Waals surface area (Å²) in [6.07, 6.45) is 11.7. The third-order valence-electron chi connectivity index (χ3n) is 7.12. The maximum atomic E-state index is 12.4. The molecule has 0 bridgehead atoms. The first-order valence-corrected chi connectivity index (χ1v) is 11.2. The summed E-state index contributed by atoms with van der Waals surface area (Å²) in [7, 11) is 0. The first kappa shape index (κ1) is 19.6. The van der Waals surface area contributed by atoms with Crippen molar-refractivity contribution in [2.45, 2.75) is 83.3 Å². The van der Waals surface area contributed by atoms with E-state index in [0.717, 1.165) is 50.8 Å². The Morgan fingerprint density at radius 2 is 1.96 bits per heavy atom. The molecule has 1 atom stereocenters. The topological polar surface area (TPSA) is 52.6 Å². The van der Waals surface area contributed by atoms with Gasteiger partial charge in [0.15, 0.2) is 0 Å². The lowest BCUT2D eigenvalue weighted by Crippen LogP contribution is -2.47. The van der Waals surface area contributed by atoms with E-state index in [0.29, 0.717) is 6.04 Å². The van der Waals surface area contributed by atoms with Gasteiger partial charge in [-0.3, -0.25) is 9.69 Å². The number of rotatable bonds is 5. The van der Waals surface area contributed by atoms with E-state index in [2.05, 4.69) is 32.7 Å². The summed E-state index contributed by atoms with van der Waals surface area (Å²) in [4.78, 5) is 28.8. The highest BCUT2D eigenvalue weighted by Gasteiger charge is 2.48. The lowest BCUT2D eigenvalue weighted by Gasteiger charge is -2.41. The van der Waals surface area contributed by atoms with E-state index in [1.165, 1.54) is 44.9 Å². The van der Waals surface area contributed by atoms with E-state index >= 15 is 0 Å². The van der Waals surface area contributed by atoms with E-state index < -0.39 is 0 Å². The van der Waals surface area contributed by atoms with Gasteiger partial charge in [-0.2, -0.15) is 0 Å². The zero-order valence-electron chi connectivity index (χ0n) is 17.6. The number of carbonyl (C=O) groups excluding carboxylic acids is 1. The minimum Gasteiger partial charge on any atom is -0.341 e. The average Bonchev–Trinajstić information content (AvgIpc) is 3.36. The minimum absolute atomic E-state index is 0.106. The van der Waals surface area contributed by atoms with Crippen LogP contribution in [0.25, 0.3) is 0 Å². The van der Waals surface area contributed by atoms with Gasteiger partial charge in [0, 0.05) is 50.9 Å². The van der Waals surface area contributed by atoms with Gasteiger partial charge in [-0.1, -0.05) is 26.2 Å². The van der Waals surface area contributed by atoms with E-state index in [-0.39, 0.29) is 11.4 Å². The molecule has 1 amide bonds. The van der Waals surface area contributed by atoms with E-state index in [1.54, 1.807) is 6.92 Å². The van der Waals surface area contributed by atoms with Gasteiger partial charge < -0.3 is 9.80 Å². The fraction of sp³-hybridized carbons (Fsp3) is 0.773. The fourth-order valence-electron chi connectivity index (χ4n) is 5.66. The average molecular weight is 386 g/mol. The number of likely N-dealkylation sites (N-methyl/N-ethyl adjacent to an activating group) is 1. The molecule has 3 fully saturated rings. The molecule has 0 radical (unpaired) electrons. The molecule has 3 aliphatic rings. The van der Waals surface area contributed by atoms with Crippen molar-refractivity contribution in [3.05, 3.63) is 18.0 Å². The highest BCUT2D eigenvalue weighted by molar-refractivity contribution is 5.74. The minimum atomic E-state index is 0.106. The number of hydrogen-bond acceptors (Lipinski definition) is 5. The molecule has 2 saturated heterocycles. The summed E-state index contributed by atoms with van der Waals surface area (Å²) in [5.74, 6) is 1.13. The number of hydrogen-bond donors (Lipinski definition) is 0. The van der Waals surface area contributed by atoms with E-state index in [1.807, 2.05) is 6.20 Å². The van der Waals surface area contributed by atoms with Crippen molar-refractivity contribution < 1.29 is 4.79 Å². The lowest BCUT2D eigenvalue weighted by atomic mass is 9.79. The molecule has 6 nitrogen and oxygen atoms in total. The van der Waals surface area contributed by atoms with Crippen LogP contribution in [0.1, 0.15) is 70.9 Å². The van der Waals surface area contributed by atoms with Crippen molar-refractivity contribution in [2.24, 2.45) is 0 Å². The molecular weight excluding hydrogens is 350 g/mol. The molecule has 0 unspecified atom stereocenters. The second-order valence-electron chi connectivity index (χ2n) is 8.88. The van der Waals surface area contributed by atoms with Crippen LogP contribution >= 0.6 is 0 Å². The maximum Gasteiger partial charge on any atom is 0.225 e. The molecule has 1 spiro atoms. The summed E-state index contributed by atoms with van der Waals surface area (Å²) >= 11 is 0. The lowest BCUT2D eigenvalue weighted by molar-refractivity contribution is -0.134. The van der Waals surface area contributed by atoms with Crippen LogP contribution in [-0.2, 0) is 11.3 Å². The highest BCUT2D eigenvalue weighted by Crippen LogP contribution is 2.43. The molecule has 0 aromatic carbocycles. The van der Waals surface area contributed by atoms with Gasteiger partial charge in [0.05, 0.1) is 5.69 Å². The smallest absolute Gasteiger partial charge is 0.225 e. The predicted molar refractivity (Wildman–Crippen MR) is 111 cm³/mol. The van der Waals surface area contributed by atoms with Crippen molar-refractivity contribution in [2.75, 3.05) is 31.1 Å². The molecule has 0 N–H and O–H groups in total. The first-order chi connectivity index (χ1) is 13.6. The molecule has 1 aromatic rings. The fourth-order valence-corrected chi connectivity index (χ4v) is 5.66. The zero-order valence-corrected chi connectivity index (χ0v) is 17.6. The number of amides is 1. The van der Waals surface area contributed by atoms with Crippen molar-refractivity contribution in [1.82, 2.24) is 19.8 Å². The summed E-state index contributed by atoms with van der Waals surface area (Å²) in [5, 5.41) is 0. The Hall–Kier alpha value is -1.69. The Labute approximate surface area is 169 Å². The highest BCUT2D eigenvalue weighted by atomic mass is 16.2. The largest absolute Gasteiger partial charge is 0.341 e. The first-order valence-electron chi connectivity index (χ1n) is 11.2. The second kappa shape index (κ2) is 8.36. The molecule has 28 heavy (non-hydrogen) atoms. The van der Waals surface area contributed by atoms with Gasteiger partial charge in [-0.05, 0) is 44.7 Å². The Balaban J connectivity index is 1.48. The second-order valence-corrected chi connectivity index (χ2v) is 8.88. The third kappa shape index (κ3) is 3.88. The number of aromatic nitrogens is 2. The van der Waals surface area contributed by atoms with Crippen LogP contribution in [0, 0.1) is 0 Å². The zero-order chi connectivity index (χ0) is 19.6. The van der Waals surface area contributed by atoms with Gasteiger partial charge >= 0.3 is 0 Å². The van der Waals surface area contributed by atoms with Crippen LogP contribution in [0.5, 0.6) is 0 Å². The molecule has 1 aliphatic carbocycles. The molecular formula is C22H35N5O. The monoisotopic (exact) mass is 385 g/mol. The van der Waals surface area contributed by atoms with Crippen LogP contribution in [0.4, 0.5) is 5.95 Å². The summed E-state index contributed by atoms with van der Waals surface area (Å²) in [6.45, 7) is 8.81. The van der Waals surface area contributed by atoms with Gasteiger partial charge in [-0.25, -0.2) is 9.97 Å². The Morgan fingerprint density at radius 1 is 1.21 bits per heavy atom.